The van der Waals surface area contributed by atoms with Crippen LogP contribution in [0.25, 0.3) is 0 Å². The highest BCUT2D eigenvalue weighted by atomic mass is 32.2. The summed E-state index contributed by atoms with van der Waals surface area (Å²) < 4.78 is 5.20. The molecule has 2 aromatic rings. The van der Waals surface area contributed by atoms with Crippen LogP contribution in [0.4, 0.5) is 5.69 Å². The molecule has 1 aliphatic rings. The third-order valence-corrected chi connectivity index (χ3v) is 6.18. The van der Waals surface area contributed by atoms with Crippen molar-refractivity contribution < 1.29 is 14.3 Å². The monoisotopic (exact) mass is 375 g/mol. The van der Waals surface area contributed by atoms with Gasteiger partial charge in [0, 0.05) is 9.77 Å². The Morgan fingerprint density at radius 2 is 2.00 bits per heavy atom. The maximum absolute atomic E-state index is 12.2. The van der Waals surface area contributed by atoms with Gasteiger partial charge in [0.15, 0.2) is 6.61 Å². The highest BCUT2D eigenvalue weighted by Crippen LogP contribution is 2.29. The van der Waals surface area contributed by atoms with Crippen molar-refractivity contribution in [2.24, 2.45) is 0 Å². The quantitative estimate of drug-likeness (QED) is 0.474. The van der Waals surface area contributed by atoms with E-state index < -0.39 is 5.97 Å². The van der Waals surface area contributed by atoms with Crippen LogP contribution in [-0.2, 0) is 22.4 Å². The average molecular weight is 376 g/mol. The fraction of sp³-hybridized carbons (Fsp3) is 0.368. The fourth-order valence-corrected chi connectivity index (χ4v) is 4.61. The zero-order chi connectivity index (χ0) is 17.6. The highest BCUT2D eigenvalue weighted by molar-refractivity contribution is 7.98. The van der Waals surface area contributed by atoms with Crippen molar-refractivity contribution in [2.45, 2.75) is 37.0 Å². The number of anilines is 1. The van der Waals surface area contributed by atoms with E-state index in [2.05, 4.69) is 5.32 Å². The predicted octanol–water partition coefficient (Wildman–Crippen LogP) is 4.53. The fourth-order valence-electron chi connectivity index (χ4n) is 2.90. The second kappa shape index (κ2) is 8.54. The van der Waals surface area contributed by atoms with Crippen LogP contribution in [0.15, 0.2) is 35.2 Å². The first kappa shape index (κ1) is 18.0. The topological polar surface area (TPSA) is 55.4 Å². The summed E-state index contributed by atoms with van der Waals surface area (Å²) in [5.74, 6) is -0.737. The van der Waals surface area contributed by atoms with Crippen molar-refractivity contribution >= 4 is 40.7 Å². The molecule has 0 saturated heterocycles. The van der Waals surface area contributed by atoms with E-state index >= 15 is 0 Å². The number of esters is 1. The molecular formula is C19H21NO3S2. The van der Waals surface area contributed by atoms with Gasteiger partial charge in [-0.2, -0.15) is 0 Å². The van der Waals surface area contributed by atoms with Crippen LogP contribution in [0.3, 0.4) is 0 Å². The van der Waals surface area contributed by atoms with Gasteiger partial charge < -0.3 is 10.1 Å². The normalized spacial score (nSPS) is 13.6. The van der Waals surface area contributed by atoms with Gasteiger partial charge in [-0.1, -0.05) is 18.6 Å². The summed E-state index contributed by atoms with van der Waals surface area (Å²) in [7, 11) is 0. The number of thiophene rings is 1. The minimum atomic E-state index is -0.411. The Morgan fingerprint density at radius 3 is 2.84 bits per heavy atom. The molecule has 25 heavy (non-hydrogen) atoms. The summed E-state index contributed by atoms with van der Waals surface area (Å²) in [6.07, 6.45) is 7.63. The first-order valence-corrected chi connectivity index (χ1v) is 10.4. The van der Waals surface area contributed by atoms with E-state index in [1.807, 2.05) is 36.6 Å². The van der Waals surface area contributed by atoms with Crippen molar-refractivity contribution in [2.75, 3.05) is 18.2 Å². The minimum absolute atomic E-state index is 0.274. The number of aryl methyl sites for hydroxylation is 2. The second-order valence-electron chi connectivity index (χ2n) is 5.94. The van der Waals surface area contributed by atoms with Gasteiger partial charge in [-0.3, -0.25) is 4.79 Å². The van der Waals surface area contributed by atoms with E-state index in [1.54, 1.807) is 11.8 Å². The number of hydrogen-bond acceptors (Lipinski definition) is 5. The molecule has 0 fully saturated rings. The summed E-state index contributed by atoms with van der Waals surface area (Å²) in [4.78, 5) is 27.2. The molecule has 4 nitrogen and oxygen atoms in total. The van der Waals surface area contributed by atoms with Crippen LogP contribution in [0, 0.1) is 0 Å². The Balaban J connectivity index is 1.56. The minimum Gasteiger partial charge on any atom is -0.451 e. The number of para-hydroxylation sites is 1. The SMILES string of the molecule is CSc1ccccc1NC(=O)COC(=O)c1cc2c(s1)CCCCC2. The van der Waals surface area contributed by atoms with Crippen molar-refractivity contribution in [3.63, 3.8) is 0 Å². The lowest BCUT2D eigenvalue weighted by Gasteiger charge is -2.09. The van der Waals surface area contributed by atoms with Crippen molar-refractivity contribution in [1.82, 2.24) is 0 Å². The Hall–Kier alpha value is -1.79. The maximum atomic E-state index is 12.2. The number of thioether (sulfide) groups is 1. The lowest BCUT2D eigenvalue weighted by molar-refractivity contribution is -0.119. The van der Waals surface area contributed by atoms with E-state index in [0.717, 1.165) is 23.4 Å². The molecular weight excluding hydrogens is 354 g/mol. The van der Waals surface area contributed by atoms with Gasteiger partial charge in [-0.25, -0.2) is 4.79 Å². The first-order chi connectivity index (χ1) is 12.2. The van der Waals surface area contributed by atoms with Crippen LogP contribution in [0.1, 0.15) is 39.4 Å². The summed E-state index contributed by atoms with van der Waals surface area (Å²) >= 11 is 3.06. The Bertz CT molecular complexity index is 746. The zero-order valence-electron chi connectivity index (χ0n) is 14.2. The van der Waals surface area contributed by atoms with Crippen LogP contribution in [-0.4, -0.2) is 24.7 Å². The van der Waals surface area contributed by atoms with Gasteiger partial charge >= 0.3 is 5.97 Å². The highest BCUT2D eigenvalue weighted by Gasteiger charge is 2.18. The average Bonchev–Trinajstić information content (AvgIpc) is 2.91. The summed E-state index contributed by atoms with van der Waals surface area (Å²) in [5, 5.41) is 2.79. The largest absolute Gasteiger partial charge is 0.451 e. The van der Waals surface area contributed by atoms with Crippen molar-refractivity contribution in [3.8, 4) is 0 Å². The van der Waals surface area contributed by atoms with Crippen molar-refractivity contribution in [3.05, 3.63) is 45.6 Å². The zero-order valence-corrected chi connectivity index (χ0v) is 15.8. The van der Waals surface area contributed by atoms with Crippen LogP contribution < -0.4 is 5.32 Å². The third kappa shape index (κ3) is 4.64. The Labute approximate surface area is 156 Å². The molecule has 0 atom stereocenters. The van der Waals surface area contributed by atoms with Gasteiger partial charge in [0.2, 0.25) is 0 Å². The van der Waals surface area contributed by atoms with Gasteiger partial charge in [-0.05, 0) is 55.7 Å². The molecule has 6 heteroatoms. The number of ether oxygens (including phenoxy) is 1. The standard InChI is InChI=1S/C19H21NO3S2/c1-24-16-10-6-5-8-14(16)20-18(21)12-23-19(22)17-11-13-7-3-2-4-9-15(13)25-17/h5-6,8,10-11H,2-4,7,9,12H2,1H3,(H,20,21). The van der Waals surface area contributed by atoms with Crippen molar-refractivity contribution in [1.29, 1.82) is 0 Å². The third-order valence-electron chi connectivity index (χ3n) is 4.16. The lowest BCUT2D eigenvalue weighted by atomic mass is 10.1. The van der Waals surface area contributed by atoms with Gasteiger partial charge in [0.05, 0.1) is 5.69 Å². The Morgan fingerprint density at radius 1 is 1.20 bits per heavy atom. The van der Waals surface area contributed by atoms with E-state index in [-0.39, 0.29) is 12.5 Å². The molecule has 1 aromatic heterocycles. The number of fused-ring (bicyclic) bond motifs is 1. The van der Waals surface area contributed by atoms with E-state index in [0.29, 0.717) is 4.88 Å². The van der Waals surface area contributed by atoms with E-state index in [1.165, 1.54) is 41.0 Å². The number of rotatable bonds is 5. The summed E-state index contributed by atoms with van der Waals surface area (Å²) in [5.41, 5.74) is 2.01. The van der Waals surface area contributed by atoms with Gasteiger partial charge in [0.25, 0.3) is 5.91 Å². The first-order valence-electron chi connectivity index (χ1n) is 8.39. The lowest BCUT2D eigenvalue weighted by Crippen LogP contribution is -2.20. The second-order valence-corrected chi connectivity index (χ2v) is 7.93. The van der Waals surface area contributed by atoms with Gasteiger partial charge in [0.1, 0.15) is 4.88 Å². The molecule has 1 N–H and O–H groups in total. The maximum Gasteiger partial charge on any atom is 0.348 e. The number of carbonyl (C=O) groups is 2. The molecule has 1 aliphatic carbocycles. The molecule has 0 unspecified atom stereocenters. The number of carbonyl (C=O) groups excluding carboxylic acids is 2. The van der Waals surface area contributed by atoms with Crippen LogP contribution in [0.2, 0.25) is 0 Å². The Kier molecular flexibility index (Phi) is 6.15. The van der Waals surface area contributed by atoms with E-state index in [9.17, 15) is 9.59 Å². The molecule has 132 valence electrons. The predicted molar refractivity (Wildman–Crippen MR) is 103 cm³/mol. The van der Waals surface area contributed by atoms with Gasteiger partial charge in [-0.15, -0.1) is 23.1 Å². The summed E-state index contributed by atoms with van der Waals surface area (Å²) in [6.45, 7) is -0.274. The smallest absolute Gasteiger partial charge is 0.348 e. The summed E-state index contributed by atoms with van der Waals surface area (Å²) in [6, 6.07) is 9.49. The molecule has 0 bridgehead atoms. The number of amides is 1. The molecule has 1 amide bonds. The molecule has 0 spiro atoms. The molecule has 1 heterocycles. The van der Waals surface area contributed by atoms with Crippen LogP contribution in [0.5, 0.6) is 0 Å². The molecule has 0 saturated carbocycles. The molecule has 3 rings (SSSR count). The molecule has 0 radical (unpaired) electrons. The number of nitrogens with one attached hydrogen (secondary N) is 1. The molecule has 1 aromatic carbocycles. The van der Waals surface area contributed by atoms with Crippen LogP contribution >= 0.6 is 23.1 Å². The number of benzene rings is 1. The van der Waals surface area contributed by atoms with E-state index in [4.69, 9.17) is 4.74 Å². The number of hydrogen-bond donors (Lipinski definition) is 1. The molecule has 0 aliphatic heterocycles.